The summed E-state index contributed by atoms with van der Waals surface area (Å²) in [6.45, 7) is 6.61. The molecule has 0 radical (unpaired) electrons. The van der Waals surface area contributed by atoms with Crippen molar-refractivity contribution in [1.29, 1.82) is 0 Å². The van der Waals surface area contributed by atoms with Gasteiger partial charge >= 0.3 is 0 Å². The van der Waals surface area contributed by atoms with Crippen LogP contribution in [0.25, 0.3) is 0 Å². The third kappa shape index (κ3) is 5.41. The molecule has 0 spiro atoms. The van der Waals surface area contributed by atoms with E-state index in [1.165, 1.54) is 11.1 Å². The van der Waals surface area contributed by atoms with E-state index >= 15 is 0 Å². The van der Waals surface area contributed by atoms with Gasteiger partial charge in [-0.3, -0.25) is 0 Å². The summed E-state index contributed by atoms with van der Waals surface area (Å²) < 4.78 is 5.78. The first-order valence-corrected chi connectivity index (χ1v) is 9.47. The van der Waals surface area contributed by atoms with Crippen molar-refractivity contribution in [2.75, 3.05) is 6.54 Å². The Labute approximate surface area is 153 Å². The number of rotatable bonds is 8. The molecule has 1 N–H and O–H groups in total. The highest BCUT2D eigenvalue weighted by Crippen LogP contribution is 2.16. The van der Waals surface area contributed by atoms with Crippen LogP contribution in [0.2, 0.25) is 0 Å². The number of hydrogen-bond donors (Lipinski definition) is 1. The third-order valence-electron chi connectivity index (χ3n) is 4.12. The molecule has 0 saturated heterocycles. The molecule has 0 aliphatic heterocycles. The minimum absolute atomic E-state index is 0.505. The maximum atomic E-state index is 5.78. The first-order chi connectivity index (χ1) is 12.2. The fraction of sp³-hybridized carbons (Fsp3) is 0.286. The lowest BCUT2D eigenvalue weighted by molar-refractivity contribution is 0.302. The zero-order valence-electron chi connectivity index (χ0n) is 14.7. The first kappa shape index (κ1) is 17.6. The normalized spacial score (nSPS) is 12.1. The fourth-order valence-electron chi connectivity index (χ4n) is 2.67. The number of nitrogens with zero attached hydrogens (tertiary/aromatic N) is 1. The SMILES string of the molecule is Cc1nc(COc2ccc(CNCC(C)c3ccccc3)cc2)cs1. The molecule has 2 aromatic carbocycles. The molecule has 1 heterocycles. The number of benzene rings is 2. The quantitative estimate of drug-likeness (QED) is 0.624. The minimum atomic E-state index is 0.505. The number of hydrogen-bond acceptors (Lipinski definition) is 4. The molecule has 1 aromatic heterocycles. The number of thiazole rings is 1. The van der Waals surface area contributed by atoms with Gasteiger partial charge in [0.25, 0.3) is 0 Å². The van der Waals surface area contributed by atoms with Gasteiger partial charge in [-0.2, -0.15) is 0 Å². The van der Waals surface area contributed by atoms with Gasteiger partial charge in [0.15, 0.2) is 0 Å². The molecular formula is C21H24N2OS. The highest BCUT2D eigenvalue weighted by Gasteiger charge is 2.04. The summed E-state index contributed by atoms with van der Waals surface area (Å²) in [4.78, 5) is 4.41. The Kier molecular flexibility index (Phi) is 6.20. The smallest absolute Gasteiger partial charge is 0.131 e. The van der Waals surface area contributed by atoms with E-state index in [0.717, 1.165) is 29.5 Å². The van der Waals surface area contributed by atoms with E-state index in [0.29, 0.717) is 12.5 Å². The molecule has 0 aliphatic carbocycles. The van der Waals surface area contributed by atoms with Gasteiger partial charge in [-0.05, 0) is 36.1 Å². The van der Waals surface area contributed by atoms with Crippen LogP contribution >= 0.6 is 11.3 Å². The Hall–Kier alpha value is -2.17. The molecule has 130 valence electrons. The molecular weight excluding hydrogens is 328 g/mol. The first-order valence-electron chi connectivity index (χ1n) is 8.59. The second-order valence-corrected chi connectivity index (χ2v) is 7.30. The molecule has 3 rings (SSSR count). The Bertz CT molecular complexity index is 768. The lowest BCUT2D eigenvalue weighted by Gasteiger charge is -2.13. The summed E-state index contributed by atoms with van der Waals surface area (Å²) in [5, 5.41) is 6.65. The lowest BCUT2D eigenvalue weighted by Crippen LogP contribution is -2.19. The van der Waals surface area contributed by atoms with Crippen molar-refractivity contribution >= 4 is 11.3 Å². The largest absolute Gasteiger partial charge is 0.487 e. The van der Waals surface area contributed by atoms with E-state index in [9.17, 15) is 0 Å². The summed E-state index contributed by atoms with van der Waals surface area (Å²) in [6.07, 6.45) is 0. The predicted molar refractivity (Wildman–Crippen MR) is 104 cm³/mol. The summed E-state index contributed by atoms with van der Waals surface area (Å²) in [6, 6.07) is 18.9. The number of aromatic nitrogens is 1. The highest BCUT2D eigenvalue weighted by atomic mass is 32.1. The Morgan fingerprint density at radius 3 is 2.52 bits per heavy atom. The zero-order valence-corrected chi connectivity index (χ0v) is 15.6. The van der Waals surface area contributed by atoms with E-state index in [2.05, 4.69) is 59.7 Å². The van der Waals surface area contributed by atoms with Crippen LogP contribution in [-0.2, 0) is 13.2 Å². The summed E-state index contributed by atoms with van der Waals surface area (Å²) in [5.41, 5.74) is 3.62. The van der Waals surface area contributed by atoms with Crippen molar-refractivity contribution in [3.05, 3.63) is 81.8 Å². The topological polar surface area (TPSA) is 34.1 Å². The van der Waals surface area contributed by atoms with E-state index in [-0.39, 0.29) is 0 Å². The number of aryl methyl sites for hydroxylation is 1. The maximum Gasteiger partial charge on any atom is 0.131 e. The van der Waals surface area contributed by atoms with Gasteiger partial charge in [0.1, 0.15) is 12.4 Å². The van der Waals surface area contributed by atoms with Crippen molar-refractivity contribution in [3.8, 4) is 5.75 Å². The zero-order chi connectivity index (χ0) is 17.5. The van der Waals surface area contributed by atoms with E-state index in [4.69, 9.17) is 4.74 Å². The van der Waals surface area contributed by atoms with Gasteiger partial charge in [-0.15, -0.1) is 11.3 Å². The van der Waals surface area contributed by atoms with Crippen molar-refractivity contribution in [2.24, 2.45) is 0 Å². The van der Waals surface area contributed by atoms with E-state index < -0.39 is 0 Å². The molecule has 1 unspecified atom stereocenters. The molecule has 1 atom stereocenters. The number of nitrogens with one attached hydrogen (secondary N) is 1. The average Bonchev–Trinajstić information content (AvgIpc) is 3.07. The molecule has 25 heavy (non-hydrogen) atoms. The Balaban J connectivity index is 1.43. The molecule has 0 amide bonds. The molecule has 0 fully saturated rings. The summed E-state index contributed by atoms with van der Waals surface area (Å²) in [7, 11) is 0. The molecule has 4 heteroatoms. The fourth-order valence-corrected chi connectivity index (χ4v) is 3.27. The summed E-state index contributed by atoms with van der Waals surface area (Å²) >= 11 is 1.65. The summed E-state index contributed by atoms with van der Waals surface area (Å²) in [5.74, 6) is 1.39. The molecule has 0 aliphatic rings. The van der Waals surface area contributed by atoms with Crippen LogP contribution in [0, 0.1) is 6.92 Å². The molecule has 3 nitrogen and oxygen atoms in total. The van der Waals surface area contributed by atoms with Gasteiger partial charge in [0.2, 0.25) is 0 Å². The van der Waals surface area contributed by atoms with Crippen LogP contribution in [0.1, 0.15) is 34.7 Å². The second-order valence-electron chi connectivity index (χ2n) is 6.23. The van der Waals surface area contributed by atoms with Crippen LogP contribution in [0.15, 0.2) is 60.0 Å². The van der Waals surface area contributed by atoms with Crippen LogP contribution in [0.4, 0.5) is 0 Å². The Morgan fingerprint density at radius 2 is 1.84 bits per heavy atom. The lowest BCUT2D eigenvalue weighted by atomic mass is 10.0. The van der Waals surface area contributed by atoms with E-state index in [1.54, 1.807) is 11.3 Å². The van der Waals surface area contributed by atoms with E-state index in [1.807, 2.05) is 24.4 Å². The van der Waals surface area contributed by atoms with Gasteiger partial charge in [-0.25, -0.2) is 4.98 Å². The van der Waals surface area contributed by atoms with Crippen LogP contribution in [-0.4, -0.2) is 11.5 Å². The monoisotopic (exact) mass is 352 g/mol. The van der Waals surface area contributed by atoms with Gasteiger partial charge in [0, 0.05) is 18.5 Å². The van der Waals surface area contributed by atoms with Crippen molar-refractivity contribution < 1.29 is 4.74 Å². The molecule has 3 aromatic rings. The van der Waals surface area contributed by atoms with Crippen LogP contribution < -0.4 is 10.1 Å². The van der Waals surface area contributed by atoms with Gasteiger partial charge in [-0.1, -0.05) is 49.4 Å². The predicted octanol–water partition coefficient (Wildman–Crippen LogP) is 4.92. The minimum Gasteiger partial charge on any atom is -0.487 e. The average molecular weight is 353 g/mol. The van der Waals surface area contributed by atoms with Gasteiger partial charge in [0.05, 0.1) is 10.7 Å². The van der Waals surface area contributed by atoms with Crippen molar-refractivity contribution in [2.45, 2.75) is 32.9 Å². The van der Waals surface area contributed by atoms with Crippen molar-refractivity contribution in [3.63, 3.8) is 0 Å². The van der Waals surface area contributed by atoms with Crippen molar-refractivity contribution in [1.82, 2.24) is 10.3 Å². The maximum absolute atomic E-state index is 5.78. The van der Waals surface area contributed by atoms with Gasteiger partial charge < -0.3 is 10.1 Å². The number of ether oxygens (including phenoxy) is 1. The van der Waals surface area contributed by atoms with Crippen LogP contribution in [0.3, 0.4) is 0 Å². The molecule has 0 saturated carbocycles. The highest BCUT2D eigenvalue weighted by molar-refractivity contribution is 7.09. The second kappa shape index (κ2) is 8.79. The van der Waals surface area contributed by atoms with Crippen LogP contribution in [0.5, 0.6) is 5.75 Å². The Morgan fingerprint density at radius 1 is 1.08 bits per heavy atom. The third-order valence-corrected chi connectivity index (χ3v) is 4.95. The standard InChI is InChI=1S/C21H24N2OS/c1-16(19-6-4-3-5-7-19)12-22-13-18-8-10-21(11-9-18)24-14-20-15-25-17(2)23-20/h3-11,15-16,22H,12-14H2,1-2H3. The molecule has 0 bridgehead atoms.